The lowest BCUT2D eigenvalue weighted by molar-refractivity contribution is -0.139. The summed E-state index contributed by atoms with van der Waals surface area (Å²) < 4.78 is 35.1. The van der Waals surface area contributed by atoms with E-state index in [1.165, 1.54) is 24.1 Å². The highest BCUT2D eigenvalue weighted by Gasteiger charge is 2.35. The Kier molecular flexibility index (Phi) is 11.3. The van der Waals surface area contributed by atoms with Crippen molar-refractivity contribution in [2.45, 2.75) is 30.8 Å². The molecule has 44 heavy (non-hydrogen) atoms. The second kappa shape index (κ2) is 15.1. The fourth-order valence-corrected chi connectivity index (χ4v) is 6.64. The molecule has 0 fully saturated rings. The fraction of sp³-hybridized carbons (Fsp3) is 0.212. The third kappa shape index (κ3) is 7.91. The summed E-state index contributed by atoms with van der Waals surface area (Å²) in [6.45, 7) is 1.37. The van der Waals surface area contributed by atoms with Gasteiger partial charge in [-0.3, -0.25) is 13.9 Å². The first-order chi connectivity index (χ1) is 21.1. The predicted molar refractivity (Wildman–Crippen MR) is 174 cm³/mol. The van der Waals surface area contributed by atoms with Crippen LogP contribution in [0.2, 0.25) is 10.0 Å². The van der Waals surface area contributed by atoms with Crippen molar-refractivity contribution in [3.05, 3.63) is 124 Å². The minimum Gasteiger partial charge on any atom is -0.492 e. The largest absolute Gasteiger partial charge is 0.492 e. The summed E-state index contributed by atoms with van der Waals surface area (Å²) >= 11 is 12.7. The second-order valence-corrected chi connectivity index (χ2v) is 12.5. The number of halogens is 2. The zero-order valence-electron chi connectivity index (χ0n) is 24.3. The Balaban J connectivity index is 1.83. The van der Waals surface area contributed by atoms with Gasteiger partial charge in [0.25, 0.3) is 10.0 Å². The molecule has 0 aliphatic heterocycles. The summed E-state index contributed by atoms with van der Waals surface area (Å²) in [5.74, 6) is -0.743. The van der Waals surface area contributed by atoms with E-state index in [4.69, 9.17) is 27.9 Å². The summed E-state index contributed by atoms with van der Waals surface area (Å²) in [7, 11) is -2.77. The zero-order chi connectivity index (χ0) is 31.7. The number of ether oxygens (including phenoxy) is 1. The second-order valence-electron chi connectivity index (χ2n) is 9.80. The lowest BCUT2D eigenvalue weighted by atomic mass is 10.0. The van der Waals surface area contributed by atoms with Crippen molar-refractivity contribution in [3.8, 4) is 5.75 Å². The third-order valence-electron chi connectivity index (χ3n) is 6.92. The molecule has 0 aliphatic carbocycles. The van der Waals surface area contributed by atoms with E-state index in [-0.39, 0.29) is 30.2 Å². The maximum atomic E-state index is 14.4. The summed E-state index contributed by atoms with van der Waals surface area (Å²) in [6.07, 6.45) is 0.179. The normalized spacial score (nSPS) is 11.8. The molecule has 4 aromatic rings. The summed E-state index contributed by atoms with van der Waals surface area (Å²) in [5, 5.41) is 3.38. The maximum Gasteiger partial charge on any atom is 0.264 e. The van der Waals surface area contributed by atoms with Gasteiger partial charge < -0.3 is 15.0 Å². The summed E-state index contributed by atoms with van der Waals surface area (Å²) in [5.41, 5.74) is 1.55. The fourth-order valence-electron chi connectivity index (χ4n) is 4.73. The van der Waals surface area contributed by atoms with Crippen molar-refractivity contribution >= 4 is 50.7 Å². The molecule has 8 nitrogen and oxygen atoms in total. The molecule has 1 N–H and O–H groups in total. The van der Waals surface area contributed by atoms with Gasteiger partial charge in [-0.25, -0.2) is 8.42 Å². The molecule has 2 amide bonds. The van der Waals surface area contributed by atoms with Gasteiger partial charge in [0.2, 0.25) is 11.8 Å². The number of amides is 2. The molecule has 0 aliphatic rings. The number of carbonyl (C=O) groups is 2. The maximum absolute atomic E-state index is 14.4. The molecule has 0 spiro atoms. The molecule has 0 heterocycles. The van der Waals surface area contributed by atoms with Crippen LogP contribution in [-0.2, 0) is 32.6 Å². The number of sulfonamides is 1. The predicted octanol–water partition coefficient (Wildman–Crippen LogP) is 5.97. The number of hydrogen-bond donors (Lipinski definition) is 1. The van der Waals surface area contributed by atoms with Gasteiger partial charge in [-0.15, -0.1) is 0 Å². The van der Waals surface area contributed by atoms with Gasteiger partial charge in [-0.1, -0.05) is 89.9 Å². The average molecular weight is 655 g/mol. The molecule has 0 saturated heterocycles. The quantitative estimate of drug-likeness (QED) is 0.192. The molecule has 0 unspecified atom stereocenters. The standard InChI is InChI=1S/C33H33Cl2N3O5S/c1-3-43-31-17-11-10-16-29(31)38(44(41,42)27-14-8-5-9-15-27)23-32(39)37(22-25-18-19-26(34)21-28(25)35)30(33(40)36-2)20-24-12-6-4-7-13-24/h4-19,21,30H,3,20,22-23H2,1-2H3,(H,36,40)/t30-/m1/s1. The summed E-state index contributed by atoms with van der Waals surface area (Å²) in [4.78, 5) is 29.2. The van der Waals surface area contributed by atoms with E-state index in [0.717, 1.165) is 9.87 Å². The molecule has 0 bridgehead atoms. The molecule has 4 aromatic carbocycles. The van der Waals surface area contributed by atoms with Gasteiger partial charge in [0, 0.05) is 30.1 Å². The molecule has 4 rings (SSSR count). The SMILES string of the molecule is CCOc1ccccc1N(CC(=O)N(Cc1ccc(Cl)cc1Cl)[C@H](Cc1ccccc1)C(=O)NC)S(=O)(=O)c1ccccc1. The number of para-hydroxylation sites is 2. The van der Waals surface area contributed by atoms with Crippen molar-refractivity contribution in [1.29, 1.82) is 0 Å². The van der Waals surface area contributed by atoms with Gasteiger partial charge in [0.15, 0.2) is 0 Å². The Bertz CT molecular complexity index is 1690. The van der Waals surface area contributed by atoms with Gasteiger partial charge >= 0.3 is 0 Å². The van der Waals surface area contributed by atoms with E-state index in [9.17, 15) is 18.0 Å². The van der Waals surface area contributed by atoms with E-state index in [1.807, 2.05) is 30.3 Å². The first-order valence-electron chi connectivity index (χ1n) is 13.9. The highest BCUT2D eigenvalue weighted by atomic mass is 35.5. The molecule has 0 radical (unpaired) electrons. The number of hydrogen-bond acceptors (Lipinski definition) is 5. The molecular formula is C33H33Cl2N3O5S. The minimum atomic E-state index is -4.26. The van der Waals surface area contributed by atoms with Crippen molar-refractivity contribution in [1.82, 2.24) is 10.2 Å². The molecule has 1 atom stereocenters. The van der Waals surface area contributed by atoms with Gasteiger partial charge in [0.1, 0.15) is 18.3 Å². The van der Waals surface area contributed by atoms with Crippen molar-refractivity contribution in [3.63, 3.8) is 0 Å². The van der Waals surface area contributed by atoms with Crippen LogP contribution in [0, 0.1) is 0 Å². The van der Waals surface area contributed by atoms with E-state index >= 15 is 0 Å². The number of nitrogens with one attached hydrogen (secondary N) is 1. The van der Waals surface area contributed by atoms with Gasteiger partial charge in [-0.05, 0) is 54.4 Å². The van der Waals surface area contributed by atoms with Crippen molar-refractivity contribution in [2.75, 3.05) is 24.5 Å². The van der Waals surface area contributed by atoms with Crippen molar-refractivity contribution in [2.24, 2.45) is 0 Å². The monoisotopic (exact) mass is 653 g/mol. The lowest BCUT2D eigenvalue weighted by Gasteiger charge is -2.34. The van der Waals surface area contributed by atoms with Crippen LogP contribution in [-0.4, -0.2) is 51.4 Å². The number of anilines is 1. The minimum absolute atomic E-state index is 0.00136. The van der Waals surface area contributed by atoms with Gasteiger partial charge in [0.05, 0.1) is 17.2 Å². The Hall–Kier alpha value is -4.05. The van der Waals surface area contributed by atoms with Crippen LogP contribution in [0.5, 0.6) is 5.75 Å². The highest BCUT2D eigenvalue weighted by molar-refractivity contribution is 7.92. The van der Waals surface area contributed by atoms with Crippen LogP contribution in [0.3, 0.4) is 0 Å². The number of rotatable bonds is 13. The first kappa shape index (κ1) is 32.9. The smallest absolute Gasteiger partial charge is 0.264 e. The van der Waals surface area contributed by atoms with Crippen molar-refractivity contribution < 1.29 is 22.7 Å². The Morgan fingerprint density at radius 1 is 0.886 bits per heavy atom. The van der Waals surface area contributed by atoms with E-state index in [0.29, 0.717) is 21.4 Å². The number of likely N-dealkylation sites (N-methyl/N-ethyl adjacent to an activating group) is 1. The molecule has 230 valence electrons. The van der Waals surface area contributed by atoms with Crippen LogP contribution in [0.1, 0.15) is 18.1 Å². The number of carbonyl (C=O) groups excluding carboxylic acids is 2. The van der Waals surface area contributed by atoms with Crippen LogP contribution >= 0.6 is 23.2 Å². The van der Waals surface area contributed by atoms with E-state index in [2.05, 4.69) is 5.32 Å². The van der Waals surface area contributed by atoms with Crippen LogP contribution < -0.4 is 14.4 Å². The highest BCUT2D eigenvalue weighted by Crippen LogP contribution is 2.33. The molecule has 0 aromatic heterocycles. The Morgan fingerprint density at radius 3 is 2.16 bits per heavy atom. The summed E-state index contributed by atoms with van der Waals surface area (Å²) in [6, 6.07) is 27.6. The topological polar surface area (TPSA) is 96.0 Å². The van der Waals surface area contributed by atoms with E-state index < -0.39 is 34.4 Å². The van der Waals surface area contributed by atoms with Crippen LogP contribution in [0.15, 0.2) is 108 Å². The number of benzene rings is 4. The zero-order valence-corrected chi connectivity index (χ0v) is 26.6. The third-order valence-corrected chi connectivity index (χ3v) is 9.28. The molecule has 11 heteroatoms. The molecular weight excluding hydrogens is 621 g/mol. The van der Waals surface area contributed by atoms with E-state index in [1.54, 1.807) is 67.6 Å². The molecule has 0 saturated carbocycles. The van der Waals surface area contributed by atoms with Crippen LogP contribution in [0.4, 0.5) is 5.69 Å². The van der Waals surface area contributed by atoms with Gasteiger partial charge in [-0.2, -0.15) is 0 Å². The average Bonchev–Trinajstić information content (AvgIpc) is 3.03. The van der Waals surface area contributed by atoms with Crippen LogP contribution in [0.25, 0.3) is 0 Å². The first-order valence-corrected chi connectivity index (χ1v) is 16.1. The number of nitrogens with zero attached hydrogens (tertiary/aromatic N) is 2. The lowest BCUT2D eigenvalue weighted by Crippen LogP contribution is -2.53. The Morgan fingerprint density at radius 2 is 1.52 bits per heavy atom. The Labute approximate surface area is 268 Å².